The minimum Gasteiger partial charge on any atom is -0.506 e. The molecule has 2 aromatic carbocycles. The third kappa shape index (κ3) is 1.63. The number of hydrogen-bond donors (Lipinski definition) is 1. The number of rotatable bonds is 1. The molecule has 4 heteroatoms. The fourth-order valence-corrected chi connectivity index (χ4v) is 1.56. The normalized spacial score (nSPS) is 14.2. The Hall–Kier alpha value is -2.36. The highest BCUT2D eigenvalue weighted by atomic mass is 16.3. The predicted molar refractivity (Wildman–Crippen MR) is 65.3 cm³/mol. The van der Waals surface area contributed by atoms with Gasteiger partial charge >= 0.3 is 0 Å². The van der Waals surface area contributed by atoms with Gasteiger partial charge in [0.15, 0.2) is 0 Å². The van der Waals surface area contributed by atoms with E-state index in [1.54, 1.807) is 12.1 Å². The highest BCUT2D eigenvalue weighted by Gasteiger charge is 2.08. The first-order chi connectivity index (χ1) is 9.90. The number of hydrogen-bond acceptors (Lipinski definition) is 3. The van der Waals surface area contributed by atoms with Gasteiger partial charge in [-0.25, -0.2) is 0 Å². The number of aromatic nitrogens is 3. The van der Waals surface area contributed by atoms with E-state index in [1.165, 1.54) is 6.07 Å². The van der Waals surface area contributed by atoms with E-state index in [9.17, 15) is 5.11 Å². The second-order valence-electron chi connectivity index (χ2n) is 3.68. The average molecular weight is 229 g/mol. The van der Waals surface area contributed by atoms with Crippen molar-refractivity contribution in [3.63, 3.8) is 0 Å². The van der Waals surface area contributed by atoms with Crippen LogP contribution in [0.1, 0.15) is 11.0 Å². The minimum absolute atomic E-state index is 0.0313. The van der Waals surface area contributed by atoms with Crippen LogP contribution in [0, 0.1) is 6.92 Å². The molecule has 0 unspecified atom stereocenters. The quantitative estimate of drug-likeness (QED) is 0.697. The maximum atomic E-state index is 9.89. The molecule has 0 saturated heterocycles. The molecule has 0 atom stereocenters. The van der Waals surface area contributed by atoms with Crippen molar-refractivity contribution in [1.29, 1.82) is 0 Å². The fraction of sp³-hybridized carbons (Fsp3) is 0.0769. The maximum Gasteiger partial charge on any atom is 0.143 e. The van der Waals surface area contributed by atoms with Gasteiger partial charge in [-0.1, -0.05) is 18.2 Å². The highest BCUT2D eigenvalue weighted by molar-refractivity contribution is 5.73. The van der Waals surface area contributed by atoms with Crippen LogP contribution in [0.2, 0.25) is 0 Å². The second kappa shape index (κ2) is 3.59. The van der Waals surface area contributed by atoms with Crippen LogP contribution in [0.3, 0.4) is 0 Å². The third-order valence-corrected chi connectivity index (χ3v) is 2.38. The van der Waals surface area contributed by atoms with Crippen LogP contribution < -0.4 is 0 Å². The lowest BCUT2D eigenvalue weighted by Crippen LogP contribution is -1.99. The van der Waals surface area contributed by atoms with Gasteiger partial charge in [0.1, 0.15) is 22.5 Å². The van der Waals surface area contributed by atoms with E-state index in [4.69, 9.17) is 5.48 Å². The molecule has 0 bridgehead atoms. The number of aryl methyl sites for hydroxylation is 1. The number of aromatic hydroxyl groups is 1. The molecule has 3 rings (SSSR count). The Morgan fingerprint density at radius 2 is 1.82 bits per heavy atom. The summed E-state index contributed by atoms with van der Waals surface area (Å²) in [5.74, 6) is -0.0313. The molecule has 0 fully saturated rings. The lowest BCUT2D eigenvalue weighted by atomic mass is 10.2. The van der Waals surface area contributed by atoms with E-state index in [0.717, 1.165) is 10.4 Å². The summed E-state index contributed by atoms with van der Waals surface area (Å²) in [5, 5.41) is 18.1. The summed E-state index contributed by atoms with van der Waals surface area (Å²) in [5.41, 5.74) is 1.36. The van der Waals surface area contributed by atoms with Gasteiger partial charge in [-0.2, -0.15) is 0 Å². The molecule has 0 aliphatic carbocycles. The lowest BCUT2D eigenvalue weighted by Gasteiger charge is -2.03. The molecular formula is C13H11N3O. The molecule has 0 saturated carbocycles. The van der Waals surface area contributed by atoms with E-state index in [-0.39, 0.29) is 41.0 Å². The van der Waals surface area contributed by atoms with Gasteiger partial charge in [-0.05, 0) is 36.7 Å². The zero-order valence-electron chi connectivity index (χ0n) is 13.0. The third-order valence-electron chi connectivity index (χ3n) is 2.38. The Kier molecular flexibility index (Phi) is 1.35. The van der Waals surface area contributed by atoms with E-state index in [1.807, 2.05) is 6.92 Å². The van der Waals surface area contributed by atoms with Crippen LogP contribution in [0.15, 0.2) is 42.4 Å². The molecule has 0 amide bonds. The first-order valence-corrected chi connectivity index (χ1v) is 5.03. The van der Waals surface area contributed by atoms with Crippen LogP contribution in [0.5, 0.6) is 5.75 Å². The average Bonchev–Trinajstić information content (AvgIpc) is 2.90. The van der Waals surface area contributed by atoms with Gasteiger partial charge in [0, 0.05) is 0 Å². The Bertz CT molecular complexity index is 831. The number of phenols is 1. The Morgan fingerprint density at radius 3 is 2.47 bits per heavy atom. The molecule has 84 valence electrons. The summed E-state index contributed by atoms with van der Waals surface area (Å²) in [4.78, 5) is 1.13. The molecule has 1 heterocycles. The van der Waals surface area contributed by atoms with E-state index >= 15 is 0 Å². The lowest BCUT2D eigenvalue weighted by molar-refractivity contribution is 0.467. The van der Waals surface area contributed by atoms with Crippen molar-refractivity contribution in [2.24, 2.45) is 0 Å². The number of benzene rings is 2. The molecular weight excluding hydrogens is 214 g/mol. The number of fused-ring (bicyclic) bond motifs is 1. The van der Waals surface area contributed by atoms with Crippen molar-refractivity contribution >= 4 is 11.0 Å². The molecule has 1 aromatic heterocycles. The number of nitrogens with zero attached hydrogens (tertiary/aromatic N) is 3. The van der Waals surface area contributed by atoms with Crippen molar-refractivity contribution in [3.05, 3.63) is 47.9 Å². The second-order valence-corrected chi connectivity index (χ2v) is 3.68. The molecule has 17 heavy (non-hydrogen) atoms. The van der Waals surface area contributed by atoms with Crippen molar-refractivity contribution in [1.82, 2.24) is 15.0 Å². The van der Waals surface area contributed by atoms with E-state index in [0.29, 0.717) is 5.69 Å². The first-order valence-electron chi connectivity index (χ1n) is 7.03. The molecule has 0 aliphatic heterocycles. The highest BCUT2D eigenvalue weighted by Crippen LogP contribution is 2.22. The number of phenolic OH excluding ortho intramolecular Hbond substituents is 1. The molecule has 0 aliphatic rings. The van der Waals surface area contributed by atoms with E-state index < -0.39 is 0 Å². The maximum absolute atomic E-state index is 9.89. The fourth-order valence-electron chi connectivity index (χ4n) is 1.56. The van der Waals surface area contributed by atoms with Crippen LogP contribution >= 0.6 is 0 Å². The summed E-state index contributed by atoms with van der Waals surface area (Å²) >= 11 is 0. The topological polar surface area (TPSA) is 50.9 Å². The Morgan fingerprint density at radius 1 is 1.18 bits per heavy atom. The molecule has 0 spiro atoms. The van der Waals surface area contributed by atoms with Gasteiger partial charge in [-0.3, -0.25) is 0 Å². The Balaban J connectivity index is 2.34. The monoisotopic (exact) mass is 229 g/mol. The SMILES string of the molecule is [2H]c1c([2H])c([2H])c2nn(-c3cc(C)ccc3O)nc2c1[2H]. The summed E-state index contributed by atoms with van der Waals surface area (Å²) < 4.78 is 30.9. The van der Waals surface area contributed by atoms with Crippen LogP contribution in [-0.4, -0.2) is 20.1 Å². The van der Waals surface area contributed by atoms with Crippen LogP contribution in [0.25, 0.3) is 16.7 Å². The van der Waals surface area contributed by atoms with Crippen molar-refractivity contribution in [2.45, 2.75) is 6.92 Å². The van der Waals surface area contributed by atoms with Gasteiger partial charge in [-0.15, -0.1) is 15.0 Å². The standard InChI is InChI=1S/C13H11N3O/c1-9-6-7-13(17)12(8-9)16-14-10-4-2-3-5-11(10)15-16/h2-8,17H,1H3/i2D,3D,4D,5D. The first kappa shape index (κ1) is 6.39. The van der Waals surface area contributed by atoms with Gasteiger partial charge in [0.05, 0.1) is 5.48 Å². The summed E-state index contributed by atoms with van der Waals surface area (Å²) in [7, 11) is 0. The largest absolute Gasteiger partial charge is 0.506 e. The zero-order chi connectivity index (χ0) is 15.3. The molecule has 0 radical (unpaired) electrons. The summed E-state index contributed by atoms with van der Waals surface area (Å²) in [6.45, 7) is 1.85. The minimum atomic E-state index is -0.354. The Labute approximate surface area is 104 Å². The molecule has 3 aromatic rings. The van der Waals surface area contributed by atoms with Gasteiger partial charge in [0.25, 0.3) is 0 Å². The molecule has 1 N–H and O–H groups in total. The van der Waals surface area contributed by atoms with Crippen molar-refractivity contribution in [2.75, 3.05) is 0 Å². The molecule has 4 nitrogen and oxygen atoms in total. The van der Waals surface area contributed by atoms with Crippen molar-refractivity contribution < 1.29 is 10.6 Å². The summed E-state index contributed by atoms with van der Waals surface area (Å²) in [6, 6.07) is 3.71. The van der Waals surface area contributed by atoms with E-state index in [2.05, 4.69) is 10.2 Å². The zero-order valence-corrected chi connectivity index (χ0v) is 9.02. The van der Waals surface area contributed by atoms with Gasteiger partial charge in [0.2, 0.25) is 0 Å². The van der Waals surface area contributed by atoms with Crippen molar-refractivity contribution in [3.8, 4) is 11.4 Å². The predicted octanol–water partition coefficient (Wildman–Crippen LogP) is 2.43. The van der Waals surface area contributed by atoms with Crippen LogP contribution in [0.4, 0.5) is 0 Å². The van der Waals surface area contributed by atoms with Gasteiger partial charge < -0.3 is 5.11 Å². The van der Waals surface area contributed by atoms with Crippen LogP contribution in [-0.2, 0) is 0 Å². The smallest absolute Gasteiger partial charge is 0.143 e. The summed E-state index contributed by atoms with van der Waals surface area (Å²) in [6.07, 6.45) is 0.